The third-order valence-corrected chi connectivity index (χ3v) is 5.94. The Morgan fingerprint density at radius 1 is 1.19 bits per heavy atom. The molecule has 4 rings (SSSR count). The first-order valence-corrected chi connectivity index (χ1v) is 10.3. The number of hydrogen-bond donors (Lipinski definition) is 1. The molecule has 1 N–H and O–H groups in total. The molecule has 2 aromatic heterocycles. The Labute approximate surface area is 164 Å². The molecule has 0 bridgehead atoms. The second kappa shape index (κ2) is 7.93. The smallest absolute Gasteiger partial charge is 0.324 e. The van der Waals surface area contributed by atoms with E-state index in [4.69, 9.17) is 0 Å². The van der Waals surface area contributed by atoms with Crippen LogP contribution in [0, 0.1) is 0 Å². The van der Waals surface area contributed by atoms with Crippen molar-refractivity contribution in [3.8, 4) is 10.7 Å². The van der Waals surface area contributed by atoms with Crippen LogP contribution in [0.15, 0.2) is 53.0 Å². The Morgan fingerprint density at radius 2 is 2.04 bits per heavy atom. The summed E-state index contributed by atoms with van der Waals surface area (Å²) in [5.74, 6) is 0.703. The van der Waals surface area contributed by atoms with Crippen molar-refractivity contribution >= 4 is 35.0 Å². The summed E-state index contributed by atoms with van der Waals surface area (Å²) < 4.78 is 2.02. The summed E-state index contributed by atoms with van der Waals surface area (Å²) in [5.41, 5.74) is 1.13. The first-order valence-electron chi connectivity index (χ1n) is 8.44. The average molecular weight is 400 g/mol. The van der Waals surface area contributed by atoms with Gasteiger partial charge in [0.05, 0.1) is 17.2 Å². The Hall–Kier alpha value is -2.65. The van der Waals surface area contributed by atoms with Gasteiger partial charge in [-0.15, -0.1) is 21.5 Å². The van der Waals surface area contributed by atoms with Gasteiger partial charge in [0.2, 0.25) is 5.91 Å². The molecule has 138 valence electrons. The molecule has 0 saturated carbocycles. The van der Waals surface area contributed by atoms with E-state index in [1.807, 2.05) is 52.4 Å². The van der Waals surface area contributed by atoms with Gasteiger partial charge in [0.25, 0.3) is 0 Å². The van der Waals surface area contributed by atoms with E-state index in [1.165, 1.54) is 16.7 Å². The molecule has 0 unspecified atom stereocenters. The van der Waals surface area contributed by atoms with Gasteiger partial charge in [-0.25, -0.2) is 4.79 Å². The zero-order chi connectivity index (χ0) is 18.6. The van der Waals surface area contributed by atoms with E-state index >= 15 is 0 Å². The number of nitrogens with one attached hydrogen (secondary N) is 1. The molecule has 3 heterocycles. The number of urea groups is 1. The molecule has 3 amide bonds. The minimum Gasteiger partial charge on any atom is -0.336 e. The average Bonchev–Trinajstić information content (AvgIpc) is 3.42. The lowest BCUT2D eigenvalue weighted by molar-refractivity contribution is -0.124. The van der Waals surface area contributed by atoms with Gasteiger partial charge in [-0.05, 0) is 17.0 Å². The van der Waals surface area contributed by atoms with Gasteiger partial charge in [0.1, 0.15) is 0 Å². The molecular formula is C18H17N5O2S2. The minimum atomic E-state index is -0.328. The summed E-state index contributed by atoms with van der Waals surface area (Å²) >= 11 is 2.90. The number of carbonyl (C=O) groups is 2. The van der Waals surface area contributed by atoms with E-state index in [9.17, 15) is 9.59 Å². The van der Waals surface area contributed by atoms with Crippen molar-refractivity contribution in [3.05, 3.63) is 53.4 Å². The summed E-state index contributed by atoms with van der Waals surface area (Å²) in [4.78, 5) is 26.2. The number of nitrogens with zero attached hydrogens (tertiary/aromatic N) is 4. The predicted octanol–water partition coefficient (Wildman–Crippen LogP) is 2.70. The highest BCUT2D eigenvalue weighted by Gasteiger charge is 2.26. The van der Waals surface area contributed by atoms with Gasteiger partial charge < -0.3 is 5.32 Å². The Morgan fingerprint density at radius 3 is 2.74 bits per heavy atom. The molecule has 7 nitrogen and oxygen atoms in total. The van der Waals surface area contributed by atoms with E-state index in [1.54, 1.807) is 11.3 Å². The number of hydrogen-bond acceptors (Lipinski definition) is 6. The first kappa shape index (κ1) is 17.7. The van der Waals surface area contributed by atoms with Crippen LogP contribution in [0.2, 0.25) is 0 Å². The fraction of sp³-hybridized carbons (Fsp3) is 0.222. The van der Waals surface area contributed by atoms with E-state index in [2.05, 4.69) is 15.5 Å². The third kappa shape index (κ3) is 3.88. The van der Waals surface area contributed by atoms with Crippen LogP contribution in [0.3, 0.4) is 0 Å². The third-order valence-electron chi connectivity index (χ3n) is 4.12. The summed E-state index contributed by atoms with van der Waals surface area (Å²) in [6.45, 7) is 1.53. The van der Waals surface area contributed by atoms with Gasteiger partial charge in [0, 0.05) is 13.1 Å². The van der Waals surface area contributed by atoms with Crippen molar-refractivity contribution in [1.29, 1.82) is 0 Å². The summed E-state index contributed by atoms with van der Waals surface area (Å²) in [7, 11) is 0. The van der Waals surface area contributed by atoms with Gasteiger partial charge >= 0.3 is 6.03 Å². The number of carbonyl (C=O) groups excluding carboxylic acids is 2. The topological polar surface area (TPSA) is 80.1 Å². The second-order valence-corrected chi connectivity index (χ2v) is 7.81. The lowest BCUT2D eigenvalue weighted by Crippen LogP contribution is -2.35. The van der Waals surface area contributed by atoms with E-state index in [0.717, 1.165) is 16.3 Å². The number of thioether (sulfide) groups is 1. The fourth-order valence-corrected chi connectivity index (χ4v) is 4.34. The number of amides is 3. The van der Waals surface area contributed by atoms with Crippen molar-refractivity contribution in [2.24, 2.45) is 0 Å². The standard InChI is InChI=1S/C18H17N5O2S2/c24-15(22-9-8-19-17(22)25)12-27-18-21-20-16(14-7-4-10-26-14)23(18)11-13-5-2-1-3-6-13/h1-7,10H,8-9,11-12H2,(H,19,25). The molecule has 0 spiro atoms. The van der Waals surface area contributed by atoms with Crippen LogP contribution in [0.25, 0.3) is 10.7 Å². The summed E-state index contributed by atoms with van der Waals surface area (Å²) in [6.07, 6.45) is 0. The van der Waals surface area contributed by atoms with Crippen LogP contribution < -0.4 is 5.32 Å². The molecule has 1 aromatic carbocycles. The van der Waals surface area contributed by atoms with Crippen molar-refractivity contribution < 1.29 is 9.59 Å². The SMILES string of the molecule is O=C(CSc1nnc(-c2cccs2)n1Cc1ccccc1)N1CCNC1=O. The second-order valence-electron chi connectivity index (χ2n) is 5.92. The highest BCUT2D eigenvalue weighted by molar-refractivity contribution is 7.99. The Bertz CT molecular complexity index is 940. The van der Waals surface area contributed by atoms with Gasteiger partial charge in [0.15, 0.2) is 11.0 Å². The monoisotopic (exact) mass is 399 g/mol. The van der Waals surface area contributed by atoms with Crippen LogP contribution in [-0.4, -0.2) is 50.4 Å². The molecule has 0 radical (unpaired) electrons. The molecule has 27 heavy (non-hydrogen) atoms. The highest BCUT2D eigenvalue weighted by atomic mass is 32.2. The first-order chi connectivity index (χ1) is 13.2. The molecule has 1 fully saturated rings. The van der Waals surface area contributed by atoms with E-state index < -0.39 is 0 Å². The van der Waals surface area contributed by atoms with E-state index in [-0.39, 0.29) is 17.7 Å². The van der Waals surface area contributed by atoms with Crippen LogP contribution in [0.1, 0.15) is 5.56 Å². The fourth-order valence-electron chi connectivity index (χ4n) is 2.81. The Kier molecular flexibility index (Phi) is 5.21. The van der Waals surface area contributed by atoms with Gasteiger partial charge in [-0.1, -0.05) is 48.2 Å². The van der Waals surface area contributed by atoms with Crippen molar-refractivity contribution in [1.82, 2.24) is 25.0 Å². The van der Waals surface area contributed by atoms with E-state index in [0.29, 0.717) is 24.8 Å². The number of thiophene rings is 1. The lowest BCUT2D eigenvalue weighted by atomic mass is 10.2. The molecule has 1 saturated heterocycles. The molecule has 0 aliphatic carbocycles. The maximum absolute atomic E-state index is 12.3. The normalized spacial score (nSPS) is 13.8. The van der Waals surface area contributed by atoms with Crippen LogP contribution in [0.5, 0.6) is 0 Å². The van der Waals surface area contributed by atoms with Gasteiger partial charge in [-0.2, -0.15) is 0 Å². The van der Waals surface area contributed by atoms with Crippen molar-refractivity contribution in [3.63, 3.8) is 0 Å². The van der Waals surface area contributed by atoms with Crippen molar-refractivity contribution in [2.75, 3.05) is 18.8 Å². The minimum absolute atomic E-state index is 0.144. The maximum atomic E-state index is 12.3. The number of rotatable bonds is 6. The largest absolute Gasteiger partial charge is 0.336 e. The molecule has 3 aromatic rings. The molecule has 9 heteroatoms. The van der Waals surface area contributed by atoms with Gasteiger partial charge in [-0.3, -0.25) is 14.3 Å². The highest BCUT2D eigenvalue weighted by Crippen LogP contribution is 2.28. The lowest BCUT2D eigenvalue weighted by Gasteiger charge is -2.12. The summed E-state index contributed by atoms with van der Waals surface area (Å²) in [5, 5.41) is 13.9. The predicted molar refractivity (Wildman–Crippen MR) is 105 cm³/mol. The zero-order valence-corrected chi connectivity index (χ0v) is 16.0. The molecule has 1 aliphatic heterocycles. The Balaban J connectivity index is 1.56. The zero-order valence-electron chi connectivity index (χ0n) is 14.4. The van der Waals surface area contributed by atoms with Crippen molar-refractivity contribution in [2.45, 2.75) is 11.7 Å². The molecule has 0 atom stereocenters. The maximum Gasteiger partial charge on any atom is 0.324 e. The summed E-state index contributed by atoms with van der Waals surface area (Å²) in [6, 6.07) is 13.7. The number of imide groups is 1. The number of benzene rings is 1. The molecular weight excluding hydrogens is 382 g/mol. The van der Waals surface area contributed by atoms with Crippen LogP contribution >= 0.6 is 23.1 Å². The number of aromatic nitrogens is 3. The quantitative estimate of drug-likeness (QED) is 0.645. The van der Waals surface area contributed by atoms with Crippen LogP contribution in [0.4, 0.5) is 4.79 Å². The van der Waals surface area contributed by atoms with Crippen LogP contribution in [-0.2, 0) is 11.3 Å². The molecule has 1 aliphatic rings.